The Hall–Kier alpha value is -1.28. The quantitative estimate of drug-likeness (QED) is 0.814. The molecule has 1 aliphatic heterocycles. The molecule has 0 saturated carbocycles. The maximum Gasteiger partial charge on any atom is 0.0384 e. The molecule has 0 aromatic heterocycles. The van der Waals surface area contributed by atoms with Crippen molar-refractivity contribution >= 4 is 5.69 Å². The molecule has 0 bridgehead atoms. The molecule has 0 unspecified atom stereocenters. The van der Waals surface area contributed by atoms with Crippen LogP contribution in [0.5, 0.6) is 0 Å². The number of nitrogens with one attached hydrogen (secondary N) is 2. The number of hydrogen-bond donors (Lipinski definition) is 2. The van der Waals surface area contributed by atoms with Gasteiger partial charge in [-0.25, -0.2) is 0 Å². The van der Waals surface area contributed by atoms with Crippen LogP contribution >= 0.6 is 0 Å². The predicted octanol–water partition coefficient (Wildman–Crippen LogP) is 3.62. The summed E-state index contributed by atoms with van der Waals surface area (Å²) >= 11 is 0. The first-order valence-electron chi connectivity index (χ1n) is 6.31. The van der Waals surface area contributed by atoms with Crippen LogP contribution in [0.15, 0.2) is 31.0 Å². The average Bonchev–Trinajstić information content (AvgIpc) is 2.69. The first kappa shape index (κ1) is 13.8. The van der Waals surface area contributed by atoms with Crippen LogP contribution in [0.4, 0.5) is 5.69 Å². The minimum absolute atomic E-state index is 0.796. The third-order valence-electron chi connectivity index (χ3n) is 2.80. The van der Waals surface area contributed by atoms with Gasteiger partial charge < -0.3 is 10.6 Å². The molecular formula is C15H24N2. The highest BCUT2D eigenvalue weighted by molar-refractivity contribution is 5.49. The summed E-state index contributed by atoms with van der Waals surface area (Å²) in [6.45, 7) is 11.2. The molecule has 2 rings (SSSR count). The molecule has 2 N–H and O–H groups in total. The first-order valence-corrected chi connectivity index (χ1v) is 6.31. The zero-order valence-electron chi connectivity index (χ0n) is 11.2. The molecule has 0 aliphatic carbocycles. The molecule has 1 saturated heterocycles. The van der Waals surface area contributed by atoms with Crippen molar-refractivity contribution in [2.45, 2.75) is 39.7 Å². The molecule has 94 valence electrons. The summed E-state index contributed by atoms with van der Waals surface area (Å²) in [6, 6.07) is 7.13. The first-order chi connectivity index (χ1) is 8.11. The van der Waals surface area contributed by atoms with Crippen molar-refractivity contribution in [2.24, 2.45) is 0 Å². The van der Waals surface area contributed by atoms with E-state index in [0.717, 1.165) is 11.7 Å². The Kier molecular flexibility index (Phi) is 5.78. The fourth-order valence-corrected chi connectivity index (χ4v) is 2.03. The Morgan fingerprint density at radius 2 is 1.94 bits per heavy atom. The monoisotopic (exact) mass is 232 g/mol. The van der Waals surface area contributed by atoms with Gasteiger partial charge in [0, 0.05) is 11.7 Å². The van der Waals surface area contributed by atoms with Crippen LogP contribution in [0.2, 0.25) is 0 Å². The maximum atomic E-state index is 3.60. The molecule has 0 amide bonds. The fraction of sp³-hybridized carbons (Fsp3) is 0.467. The number of benzene rings is 1. The van der Waals surface area contributed by atoms with Crippen molar-refractivity contribution in [1.29, 1.82) is 0 Å². The highest BCUT2D eigenvalue weighted by Crippen LogP contribution is 2.13. The van der Waals surface area contributed by atoms with Gasteiger partial charge in [-0.3, -0.25) is 0 Å². The molecule has 0 spiro atoms. The standard InChI is InChI=1S/C10H13N.C5H11N/c1-4-11-10-6-8(2)5-9(3)7-10;1-5-3-2-4-6-5/h4-7,11H,1H2,2-3H3;5-6H,2-4H2,1H3/t;5-/m.1/s1. The Bertz CT molecular complexity index is 332. The van der Waals surface area contributed by atoms with Crippen molar-refractivity contribution in [3.63, 3.8) is 0 Å². The van der Waals surface area contributed by atoms with Crippen LogP contribution in [-0.2, 0) is 0 Å². The van der Waals surface area contributed by atoms with Crippen LogP contribution in [0, 0.1) is 13.8 Å². The van der Waals surface area contributed by atoms with E-state index in [1.165, 1.54) is 30.5 Å². The van der Waals surface area contributed by atoms with E-state index >= 15 is 0 Å². The lowest BCUT2D eigenvalue weighted by atomic mass is 10.1. The number of aryl methyl sites for hydroxylation is 2. The van der Waals surface area contributed by atoms with Crippen molar-refractivity contribution in [3.05, 3.63) is 42.1 Å². The van der Waals surface area contributed by atoms with E-state index in [0.29, 0.717) is 0 Å². The van der Waals surface area contributed by atoms with Gasteiger partial charge in [0.05, 0.1) is 0 Å². The van der Waals surface area contributed by atoms with Crippen molar-refractivity contribution < 1.29 is 0 Å². The highest BCUT2D eigenvalue weighted by Gasteiger charge is 2.05. The fourth-order valence-electron chi connectivity index (χ4n) is 2.03. The Labute approximate surface area is 105 Å². The van der Waals surface area contributed by atoms with Gasteiger partial charge >= 0.3 is 0 Å². The topological polar surface area (TPSA) is 24.1 Å². The Morgan fingerprint density at radius 3 is 2.29 bits per heavy atom. The summed E-state index contributed by atoms with van der Waals surface area (Å²) in [5, 5.41) is 6.37. The Morgan fingerprint density at radius 1 is 1.29 bits per heavy atom. The van der Waals surface area contributed by atoms with Gasteiger partial charge in [0.25, 0.3) is 0 Å². The predicted molar refractivity (Wildman–Crippen MR) is 76.4 cm³/mol. The van der Waals surface area contributed by atoms with Crippen LogP contribution in [0.3, 0.4) is 0 Å². The van der Waals surface area contributed by atoms with E-state index in [2.05, 4.69) is 56.2 Å². The molecule has 1 fully saturated rings. The van der Waals surface area contributed by atoms with Gasteiger partial charge in [-0.1, -0.05) is 12.6 Å². The number of rotatable bonds is 2. The summed E-state index contributed by atoms with van der Waals surface area (Å²) in [6.07, 6.45) is 4.44. The van der Waals surface area contributed by atoms with Gasteiger partial charge in [0.1, 0.15) is 0 Å². The minimum Gasteiger partial charge on any atom is -0.362 e. The lowest BCUT2D eigenvalue weighted by Gasteiger charge is -2.03. The third kappa shape index (κ3) is 5.55. The summed E-state index contributed by atoms with van der Waals surface area (Å²) in [5.74, 6) is 0. The molecule has 2 nitrogen and oxygen atoms in total. The third-order valence-corrected chi connectivity index (χ3v) is 2.80. The smallest absolute Gasteiger partial charge is 0.0384 e. The van der Waals surface area contributed by atoms with Gasteiger partial charge in [0.2, 0.25) is 0 Å². The van der Waals surface area contributed by atoms with E-state index in [1.807, 2.05) is 0 Å². The van der Waals surface area contributed by atoms with Crippen molar-refractivity contribution in [2.75, 3.05) is 11.9 Å². The van der Waals surface area contributed by atoms with Crippen LogP contribution in [0.1, 0.15) is 30.9 Å². The molecular weight excluding hydrogens is 208 g/mol. The normalized spacial score (nSPS) is 18.2. The lowest BCUT2D eigenvalue weighted by molar-refractivity contribution is 0.664. The van der Waals surface area contributed by atoms with Crippen LogP contribution in [0.25, 0.3) is 0 Å². The van der Waals surface area contributed by atoms with Gasteiger partial charge in [0.15, 0.2) is 0 Å². The Balaban J connectivity index is 0.000000202. The molecule has 1 aromatic carbocycles. The van der Waals surface area contributed by atoms with Gasteiger partial charge in [-0.15, -0.1) is 0 Å². The zero-order chi connectivity index (χ0) is 12.7. The largest absolute Gasteiger partial charge is 0.362 e. The van der Waals surface area contributed by atoms with Crippen molar-refractivity contribution in [3.8, 4) is 0 Å². The summed E-state index contributed by atoms with van der Waals surface area (Å²) in [5.41, 5.74) is 3.65. The molecule has 1 atom stereocenters. The minimum atomic E-state index is 0.796. The maximum absolute atomic E-state index is 3.60. The molecule has 17 heavy (non-hydrogen) atoms. The van der Waals surface area contributed by atoms with Gasteiger partial charge in [-0.2, -0.15) is 0 Å². The second-order valence-corrected chi connectivity index (χ2v) is 4.72. The van der Waals surface area contributed by atoms with E-state index in [1.54, 1.807) is 6.20 Å². The molecule has 1 aliphatic rings. The highest BCUT2D eigenvalue weighted by atomic mass is 14.9. The summed E-state index contributed by atoms with van der Waals surface area (Å²) in [7, 11) is 0. The summed E-state index contributed by atoms with van der Waals surface area (Å²) < 4.78 is 0. The van der Waals surface area contributed by atoms with E-state index < -0.39 is 0 Å². The van der Waals surface area contributed by atoms with Gasteiger partial charge in [-0.05, 0) is 69.6 Å². The van der Waals surface area contributed by atoms with E-state index in [-0.39, 0.29) is 0 Å². The van der Waals surface area contributed by atoms with Crippen molar-refractivity contribution in [1.82, 2.24) is 5.32 Å². The number of hydrogen-bond acceptors (Lipinski definition) is 2. The lowest BCUT2D eigenvalue weighted by Crippen LogP contribution is -2.16. The summed E-state index contributed by atoms with van der Waals surface area (Å²) in [4.78, 5) is 0. The molecule has 2 heteroatoms. The van der Waals surface area contributed by atoms with E-state index in [4.69, 9.17) is 0 Å². The molecule has 1 heterocycles. The SMILES string of the molecule is C=CNc1cc(C)cc(C)c1.C[C@@H]1CCCN1. The molecule has 1 aromatic rings. The zero-order valence-corrected chi connectivity index (χ0v) is 11.2. The van der Waals surface area contributed by atoms with E-state index in [9.17, 15) is 0 Å². The van der Waals surface area contributed by atoms with Crippen LogP contribution < -0.4 is 10.6 Å². The van der Waals surface area contributed by atoms with Crippen LogP contribution in [-0.4, -0.2) is 12.6 Å². The average molecular weight is 232 g/mol. The molecule has 0 radical (unpaired) electrons. The second kappa shape index (κ2) is 7.13. The second-order valence-electron chi connectivity index (χ2n) is 4.72. The number of anilines is 1.